The van der Waals surface area contributed by atoms with Gasteiger partial charge in [0, 0.05) is 0 Å². The van der Waals surface area contributed by atoms with Crippen LogP contribution in [0.2, 0.25) is 0 Å². The maximum absolute atomic E-state index is 12.1. The molecule has 2 N–H and O–H groups in total. The number of rotatable bonds is 10. The van der Waals surface area contributed by atoms with Crippen LogP contribution in [0.3, 0.4) is 0 Å². The largest absolute Gasteiger partial charge is 0.444 e. The average molecular weight is 538 g/mol. The lowest BCUT2D eigenvalue weighted by atomic mass is 10.0. The van der Waals surface area contributed by atoms with E-state index in [1.165, 1.54) is 0 Å². The highest BCUT2D eigenvalue weighted by atomic mass is 31.1. The number of β-lactam (4-membered cyclic amide) rings is 2. The number of alkyl carbamates (subject to hydrolysis) is 2. The first-order chi connectivity index (χ1) is 16.5. The van der Waals surface area contributed by atoms with Crippen molar-refractivity contribution >= 4 is 32.3 Å². The molecule has 0 radical (unpaired) electrons. The van der Waals surface area contributed by atoms with Crippen LogP contribution in [0, 0.1) is 0 Å². The lowest BCUT2D eigenvalue weighted by Gasteiger charge is -2.43. The van der Waals surface area contributed by atoms with Gasteiger partial charge in [0.15, 0.2) is 13.6 Å². The maximum Gasteiger partial charge on any atom is 0.408 e. The molecule has 0 aliphatic carbocycles. The molecule has 36 heavy (non-hydrogen) atoms. The molecule has 0 saturated carbocycles. The Hall–Kier alpha value is -2.45. The third-order valence-electron chi connectivity index (χ3n) is 4.75. The SMILES string of the molecule is CC1C(NC(=O)OC(C)(C)C)C(=O)N1OCO[PH](=O)OCON1C(=O)C(NC(=O)OC(C)(C)C)C1C. The number of hydrogen-bond acceptors (Lipinski definition) is 11. The summed E-state index contributed by atoms with van der Waals surface area (Å²) in [6.07, 6.45) is -1.46. The predicted octanol–water partition coefficient (Wildman–Crippen LogP) is 1.44. The van der Waals surface area contributed by atoms with Gasteiger partial charge in [-0.3, -0.25) is 23.2 Å². The fraction of sp³-hybridized carbons (Fsp3) is 0.800. The van der Waals surface area contributed by atoms with Crippen molar-refractivity contribution in [2.75, 3.05) is 13.6 Å². The van der Waals surface area contributed by atoms with Gasteiger partial charge in [-0.15, -0.1) is 0 Å². The molecule has 4 amide bonds. The highest BCUT2D eigenvalue weighted by Gasteiger charge is 2.48. The van der Waals surface area contributed by atoms with Crippen LogP contribution in [0.1, 0.15) is 55.4 Å². The topological polar surface area (TPSA) is 171 Å². The van der Waals surface area contributed by atoms with Crippen LogP contribution >= 0.6 is 8.25 Å². The normalized spacial score (nSPS) is 25.0. The monoisotopic (exact) mass is 538 g/mol. The van der Waals surface area contributed by atoms with E-state index in [0.717, 1.165) is 10.1 Å². The van der Waals surface area contributed by atoms with Gasteiger partial charge in [-0.25, -0.2) is 29.4 Å². The zero-order valence-corrected chi connectivity index (χ0v) is 22.6. The van der Waals surface area contributed by atoms with Gasteiger partial charge in [0.05, 0.1) is 12.1 Å². The van der Waals surface area contributed by atoms with Crippen LogP contribution in [0.25, 0.3) is 0 Å². The lowest BCUT2D eigenvalue weighted by molar-refractivity contribution is -0.258. The van der Waals surface area contributed by atoms with Crippen molar-refractivity contribution in [2.24, 2.45) is 0 Å². The molecule has 2 fully saturated rings. The van der Waals surface area contributed by atoms with Gasteiger partial charge in [0.25, 0.3) is 11.8 Å². The molecule has 0 bridgehead atoms. The minimum absolute atomic E-state index is 0.513. The van der Waals surface area contributed by atoms with E-state index in [4.69, 9.17) is 28.2 Å². The molecule has 0 aromatic heterocycles. The van der Waals surface area contributed by atoms with E-state index in [0.29, 0.717) is 0 Å². The van der Waals surface area contributed by atoms with Crippen molar-refractivity contribution in [1.29, 1.82) is 0 Å². The van der Waals surface area contributed by atoms with Gasteiger partial charge < -0.3 is 20.1 Å². The highest BCUT2D eigenvalue weighted by molar-refractivity contribution is 7.33. The summed E-state index contributed by atoms with van der Waals surface area (Å²) in [5.41, 5.74) is -1.42. The molecule has 15 nitrogen and oxygen atoms in total. The molecule has 4 unspecified atom stereocenters. The smallest absolute Gasteiger partial charge is 0.408 e. The number of nitrogens with one attached hydrogen (secondary N) is 2. The lowest BCUT2D eigenvalue weighted by Crippen LogP contribution is -2.69. The summed E-state index contributed by atoms with van der Waals surface area (Å²) in [6, 6.07) is -2.68. The number of hydrogen-bond donors (Lipinski definition) is 2. The Balaban J connectivity index is 1.61. The first kappa shape index (κ1) is 29.8. The van der Waals surface area contributed by atoms with Crippen molar-refractivity contribution in [1.82, 2.24) is 20.8 Å². The van der Waals surface area contributed by atoms with Gasteiger partial charge in [-0.1, -0.05) is 0 Å². The van der Waals surface area contributed by atoms with Crippen LogP contribution in [0.15, 0.2) is 0 Å². The summed E-state index contributed by atoms with van der Waals surface area (Å²) in [5.74, 6) is -1.05. The van der Waals surface area contributed by atoms with Gasteiger partial charge in [0.1, 0.15) is 23.3 Å². The van der Waals surface area contributed by atoms with Crippen LogP contribution in [-0.2, 0) is 42.4 Å². The molecule has 2 aliphatic rings. The average Bonchev–Trinajstić information content (AvgIpc) is 2.73. The Morgan fingerprint density at radius 3 is 1.39 bits per heavy atom. The molecule has 2 aliphatic heterocycles. The van der Waals surface area contributed by atoms with Crippen molar-refractivity contribution in [2.45, 2.75) is 90.8 Å². The standard InChI is InChI=1S/C20H35N4O11P/c1-11-13(21-17(27)34-19(3,4)5)15(25)23(11)30-9-32-36(29)33-10-31-24-12(2)14(16(24)26)22-18(28)35-20(6,7)8/h11-14,36H,9-10H2,1-8H3,(H,21,27)(H,22,28). The second-order valence-electron chi connectivity index (χ2n) is 10.1. The van der Waals surface area contributed by atoms with E-state index in [1.54, 1.807) is 55.4 Å². The second-order valence-corrected chi connectivity index (χ2v) is 11.2. The van der Waals surface area contributed by atoms with E-state index >= 15 is 0 Å². The quantitative estimate of drug-likeness (QED) is 0.234. The Kier molecular flexibility index (Phi) is 9.71. The van der Waals surface area contributed by atoms with Gasteiger partial charge in [-0.05, 0) is 55.4 Å². The van der Waals surface area contributed by atoms with Crippen LogP contribution in [-0.4, -0.2) is 83.1 Å². The Morgan fingerprint density at radius 2 is 1.11 bits per heavy atom. The number of amides is 4. The Morgan fingerprint density at radius 1 is 0.778 bits per heavy atom. The number of ether oxygens (including phenoxy) is 2. The zero-order valence-electron chi connectivity index (χ0n) is 21.6. The van der Waals surface area contributed by atoms with Crippen molar-refractivity contribution in [3.05, 3.63) is 0 Å². The Labute approximate surface area is 209 Å². The molecule has 2 saturated heterocycles. The minimum atomic E-state index is -3.08. The third kappa shape index (κ3) is 8.30. The molecular weight excluding hydrogens is 503 g/mol. The molecule has 0 spiro atoms. The second kappa shape index (κ2) is 11.7. The fourth-order valence-corrected chi connectivity index (χ4v) is 3.48. The molecule has 2 rings (SSSR count). The van der Waals surface area contributed by atoms with Gasteiger partial charge in [0.2, 0.25) is 0 Å². The fourth-order valence-electron chi connectivity index (χ4n) is 3.10. The van der Waals surface area contributed by atoms with Crippen LogP contribution in [0.5, 0.6) is 0 Å². The predicted molar refractivity (Wildman–Crippen MR) is 122 cm³/mol. The summed E-state index contributed by atoms with van der Waals surface area (Å²) in [7, 11) is -3.08. The summed E-state index contributed by atoms with van der Waals surface area (Å²) < 4.78 is 31.8. The molecule has 16 heteroatoms. The van der Waals surface area contributed by atoms with Gasteiger partial charge >= 0.3 is 20.4 Å². The summed E-state index contributed by atoms with van der Waals surface area (Å²) >= 11 is 0. The van der Waals surface area contributed by atoms with E-state index in [1.807, 2.05) is 0 Å². The highest BCUT2D eigenvalue weighted by Crippen LogP contribution is 2.27. The number of hydroxylamine groups is 4. The van der Waals surface area contributed by atoms with E-state index in [9.17, 15) is 23.7 Å². The molecule has 4 atom stereocenters. The van der Waals surface area contributed by atoms with E-state index in [-0.39, 0.29) is 0 Å². The summed E-state index contributed by atoms with van der Waals surface area (Å²) in [4.78, 5) is 58.1. The third-order valence-corrected chi connectivity index (χ3v) is 5.46. The molecule has 206 valence electrons. The van der Waals surface area contributed by atoms with Crippen LogP contribution in [0.4, 0.5) is 9.59 Å². The molecule has 0 aromatic carbocycles. The minimum Gasteiger partial charge on any atom is -0.444 e. The summed E-state index contributed by atoms with van der Waals surface area (Å²) in [5, 5.41) is 6.83. The van der Waals surface area contributed by atoms with Crippen LogP contribution < -0.4 is 10.6 Å². The Bertz CT molecular complexity index is 805. The van der Waals surface area contributed by atoms with E-state index < -0.39 is 81.2 Å². The first-order valence-corrected chi connectivity index (χ1v) is 12.4. The van der Waals surface area contributed by atoms with E-state index in [2.05, 4.69) is 10.6 Å². The molecule has 0 aromatic rings. The van der Waals surface area contributed by atoms with Gasteiger partial charge in [-0.2, -0.15) is 0 Å². The van der Waals surface area contributed by atoms with Crippen molar-refractivity contribution in [3.8, 4) is 0 Å². The number of carbonyl (C=O) groups is 4. The zero-order chi connectivity index (χ0) is 27.4. The maximum atomic E-state index is 12.1. The number of carbonyl (C=O) groups excluding carboxylic acids is 4. The summed E-state index contributed by atoms with van der Waals surface area (Å²) in [6.45, 7) is 12.3. The van der Waals surface area contributed by atoms with Crippen molar-refractivity contribution < 1.29 is 51.9 Å². The van der Waals surface area contributed by atoms with Crippen molar-refractivity contribution in [3.63, 3.8) is 0 Å². The molecular formula is C20H35N4O11P. The first-order valence-electron chi connectivity index (χ1n) is 11.2. The molecule has 2 heterocycles. The number of nitrogens with zero attached hydrogens (tertiary/aromatic N) is 2.